The van der Waals surface area contributed by atoms with Gasteiger partial charge >= 0.3 is 6.18 Å². The van der Waals surface area contributed by atoms with E-state index in [4.69, 9.17) is 4.98 Å². The molecule has 2 fully saturated rings. The molecule has 4 heterocycles. The molecule has 0 saturated carbocycles. The molecule has 1 aromatic carbocycles. The topological polar surface area (TPSA) is 77.1 Å². The van der Waals surface area contributed by atoms with Gasteiger partial charge in [-0.3, -0.25) is 9.69 Å². The Hall–Kier alpha value is -2.98. The van der Waals surface area contributed by atoms with Gasteiger partial charge in [0.05, 0.1) is 11.1 Å². The fraction of sp³-hybridized carbons (Fsp3) is 0.458. The normalized spacial score (nSPS) is 18.5. The number of imidazole rings is 1. The minimum Gasteiger partial charge on any atom is -0.333 e. The molecule has 7 nitrogen and oxygen atoms in total. The lowest BCUT2D eigenvalue weighted by Gasteiger charge is -2.34. The van der Waals surface area contributed by atoms with Crippen LogP contribution in [0.3, 0.4) is 0 Å². The molecule has 0 radical (unpaired) electrons. The van der Waals surface area contributed by atoms with Crippen molar-refractivity contribution < 1.29 is 18.0 Å². The van der Waals surface area contributed by atoms with Crippen molar-refractivity contribution in [1.29, 1.82) is 0 Å². The van der Waals surface area contributed by atoms with E-state index in [1.165, 1.54) is 12.1 Å². The first kappa shape index (κ1) is 22.8. The van der Waals surface area contributed by atoms with Crippen LogP contribution in [-0.2, 0) is 12.7 Å². The van der Waals surface area contributed by atoms with Crippen LogP contribution in [0.4, 0.5) is 13.2 Å². The van der Waals surface area contributed by atoms with E-state index in [1.54, 1.807) is 4.90 Å². The Bertz CT molecular complexity index is 1150. The van der Waals surface area contributed by atoms with Crippen LogP contribution in [0.5, 0.6) is 0 Å². The Balaban J connectivity index is 1.19. The Kier molecular flexibility index (Phi) is 6.26. The van der Waals surface area contributed by atoms with E-state index in [-0.39, 0.29) is 5.91 Å². The Labute approximate surface area is 195 Å². The number of piperazine rings is 1. The molecule has 2 N–H and O–H groups in total. The van der Waals surface area contributed by atoms with Gasteiger partial charge in [-0.25, -0.2) is 9.97 Å². The number of nitrogens with one attached hydrogen (secondary N) is 2. The SMILES string of the molecule is O=C(c1nc2nc(C3CCNCC3)ccc2[nH]1)N1CCN(Cc2ccc(C(F)(F)F)cc2)CC1. The maximum absolute atomic E-state index is 13.0. The molecule has 34 heavy (non-hydrogen) atoms. The van der Waals surface area contributed by atoms with Crippen LogP contribution >= 0.6 is 0 Å². The van der Waals surface area contributed by atoms with Crippen molar-refractivity contribution in [3.8, 4) is 0 Å². The zero-order chi connectivity index (χ0) is 23.7. The molecule has 0 unspecified atom stereocenters. The van der Waals surface area contributed by atoms with Crippen molar-refractivity contribution in [2.45, 2.75) is 31.5 Å². The molecular formula is C24H27F3N6O. The van der Waals surface area contributed by atoms with Crippen molar-refractivity contribution >= 4 is 17.1 Å². The number of nitrogens with zero attached hydrogens (tertiary/aromatic N) is 4. The van der Waals surface area contributed by atoms with E-state index >= 15 is 0 Å². The quantitative estimate of drug-likeness (QED) is 0.609. The highest BCUT2D eigenvalue weighted by molar-refractivity contribution is 5.93. The number of hydrogen-bond donors (Lipinski definition) is 2. The number of fused-ring (bicyclic) bond motifs is 1. The molecule has 0 spiro atoms. The number of carbonyl (C=O) groups is 1. The fourth-order valence-electron chi connectivity index (χ4n) is 4.67. The van der Waals surface area contributed by atoms with Gasteiger partial charge in [-0.15, -0.1) is 0 Å². The predicted octanol–water partition coefficient (Wildman–Crippen LogP) is 3.40. The van der Waals surface area contributed by atoms with Crippen molar-refractivity contribution in [3.05, 3.63) is 59.0 Å². The highest BCUT2D eigenvalue weighted by Crippen LogP contribution is 2.29. The second kappa shape index (κ2) is 9.34. The third-order valence-electron chi connectivity index (χ3n) is 6.67. The van der Waals surface area contributed by atoms with Crippen molar-refractivity contribution in [3.63, 3.8) is 0 Å². The number of pyridine rings is 1. The van der Waals surface area contributed by atoms with Crippen LogP contribution in [0.1, 0.15) is 46.2 Å². The molecule has 5 rings (SSSR count). The molecular weight excluding hydrogens is 445 g/mol. The van der Waals surface area contributed by atoms with Gasteiger partial charge in [0.25, 0.3) is 5.91 Å². The second-order valence-electron chi connectivity index (χ2n) is 8.98. The van der Waals surface area contributed by atoms with E-state index in [1.807, 2.05) is 12.1 Å². The first-order valence-corrected chi connectivity index (χ1v) is 11.6. The number of rotatable bonds is 4. The van der Waals surface area contributed by atoms with Gasteiger partial charge < -0.3 is 15.2 Å². The van der Waals surface area contributed by atoms with Gasteiger partial charge in [-0.2, -0.15) is 13.2 Å². The summed E-state index contributed by atoms with van der Waals surface area (Å²) >= 11 is 0. The first-order chi connectivity index (χ1) is 16.4. The number of hydrogen-bond acceptors (Lipinski definition) is 5. The van der Waals surface area contributed by atoms with Gasteiger partial charge in [0.2, 0.25) is 0 Å². The number of aromatic nitrogens is 3. The molecule has 1 amide bonds. The van der Waals surface area contributed by atoms with Crippen LogP contribution < -0.4 is 5.32 Å². The van der Waals surface area contributed by atoms with Crippen LogP contribution in [0.15, 0.2) is 36.4 Å². The third-order valence-corrected chi connectivity index (χ3v) is 6.67. The predicted molar refractivity (Wildman–Crippen MR) is 121 cm³/mol. The maximum atomic E-state index is 13.0. The zero-order valence-corrected chi connectivity index (χ0v) is 18.7. The Morgan fingerprint density at radius 2 is 1.68 bits per heavy atom. The molecule has 2 aliphatic heterocycles. The number of alkyl halides is 3. The van der Waals surface area contributed by atoms with Gasteiger partial charge in [0, 0.05) is 44.3 Å². The standard InChI is InChI=1S/C24H27F3N6O/c25-24(26,27)18-3-1-16(2-4-18)15-32-11-13-33(14-12-32)23(34)22-30-20-6-5-19(29-21(20)31-22)17-7-9-28-10-8-17/h1-6,17,28H,7-15H2,(H,29,30,31). The highest BCUT2D eigenvalue weighted by Gasteiger charge is 2.30. The summed E-state index contributed by atoms with van der Waals surface area (Å²) in [7, 11) is 0. The first-order valence-electron chi connectivity index (χ1n) is 11.6. The number of halogens is 3. The number of H-pyrrole nitrogens is 1. The van der Waals surface area contributed by atoms with Crippen molar-refractivity contribution in [2.24, 2.45) is 0 Å². The van der Waals surface area contributed by atoms with Gasteiger partial charge in [-0.1, -0.05) is 12.1 Å². The monoisotopic (exact) mass is 472 g/mol. The lowest BCUT2D eigenvalue weighted by molar-refractivity contribution is -0.137. The summed E-state index contributed by atoms with van der Waals surface area (Å²) in [6, 6.07) is 9.22. The van der Waals surface area contributed by atoms with E-state index in [0.717, 1.165) is 54.8 Å². The fourth-order valence-corrected chi connectivity index (χ4v) is 4.67. The third kappa shape index (κ3) is 4.92. The summed E-state index contributed by atoms with van der Waals surface area (Å²) < 4.78 is 38.2. The van der Waals surface area contributed by atoms with Crippen LogP contribution in [0, 0.1) is 0 Å². The number of benzene rings is 1. The van der Waals surface area contributed by atoms with Gasteiger partial charge in [0.15, 0.2) is 11.5 Å². The summed E-state index contributed by atoms with van der Waals surface area (Å²) in [5, 5.41) is 3.36. The minimum absolute atomic E-state index is 0.157. The minimum atomic E-state index is -4.33. The largest absolute Gasteiger partial charge is 0.416 e. The number of piperidine rings is 1. The lowest BCUT2D eigenvalue weighted by atomic mass is 9.94. The summed E-state index contributed by atoms with van der Waals surface area (Å²) in [4.78, 5) is 29.2. The van der Waals surface area contributed by atoms with E-state index < -0.39 is 11.7 Å². The number of carbonyl (C=O) groups excluding carboxylic acids is 1. The van der Waals surface area contributed by atoms with Crippen LogP contribution in [0.2, 0.25) is 0 Å². The van der Waals surface area contributed by atoms with Gasteiger partial charge in [-0.05, 0) is 55.8 Å². The maximum Gasteiger partial charge on any atom is 0.416 e. The van der Waals surface area contributed by atoms with Crippen LogP contribution in [-0.4, -0.2) is 69.9 Å². The summed E-state index contributed by atoms with van der Waals surface area (Å²) in [5.74, 6) is 0.552. The molecule has 2 aliphatic rings. The zero-order valence-electron chi connectivity index (χ0n) is 18.7. The Morgan fingerprint density at radius 3 is 2.35 bits per heavy atom. The molecule has 2 aromatic heterocycles. The molecule has 0 bridgehead atoms. The average Bonchev–Trinajstić information content (AvgIpc) is 3.28. The highest BCUT2D eigenvalue weighted by atomic mass is 19.4. The Morgan fingerprint density at radius 1 is 0.971 bits per heavy atom. The average molecular weight is 473 g/mol. The van der Waals surface area contributed by atoms with E-state index in [2.05, 4.69) is 20.2 Å². The van der Waals surface area contributed by atoms with E-state index in [0.29, 0.717) is 50.1 Å². The molecule has 10 heteroatoms. The number of amides is 1. The smallest absolute Gasteiger partial charge is 0.333 e. The summed E-state index contributed by atoms with van der Waals surface area (Å²) in [5.41, 5.74) is 2.52. The number of aromatic amines is 1. The summed E-state index contributed by atoms with van der Waals surface area (Å²) in [6.07, 6.45) is -2.23. The molecule has 0 aliphatic carbocycles. The molecule has 180 valence electrons. The molecule has 3 aromatic rings. The van der Waals surface area contributed by atoms with Crippen LogP contribution in [0.25, 0.3) is 11.2 Å². The molecule has 2 saturated heterocycles. The van der Waals surface area contributed by atoms with Crippen molar-refractivity contribution in [1.82, 2.24) is 30.1 Å². The molecule has 0 atom stereocenters. The second-order valence-corrected chi connectivity index (χ2v) is 8.98. The summed E-state index contributed by atoms with van der Waals surface area (Å²) in [6.45, 7) is 4.87. The van der Waals surface area contributed by atoms with Gasteiger partial charge in [0.1, 0.15) is 0 Å². The van der Waals surface area contributed by atoms with E-state index in [9.17, 15) is 18.0 Å². The van der Waals surface area contributed by atoms with Crippen molar-refractivity contribution in [2.75, 3.05) is 39.3 Å². The lowest BCUT2D eigenvalue weighted by Crippen LogP contribution is -2.48.